The molecule has 0 radical (unpaired) electrons. The van der Waals surface area contributed by atoms with E-state index >= 15 is 0 Å². The van der Waals surface area contributed by atoms with Gasteiger partial charge in [-0.25, -0.2) is 5.48 Å². The molecule has 0 heterocycles. The molecule has 5 N–H and O–H groups in total. The summed E-state index contributed by atoms with van der Waals surface area (Å²) in [5.74, 6) is -3.65. The maximum absolute atomic E-state index is 12.8. The van der Waals surface area contributed by atoms with Crippen LogP contribution < -0.4 is 16.1 Å². The molecule has 11 heteroatoms. The van der Waals surface area contributed by atoms with Gasteiger partial charge in [-0.15, -0.1) is 0 Å². The van der Waals surface area contributed by atoms with Crippen LogP contribution in [0.1, 0.15) is 20.3 Å². The topological polar surface area (TPSA) is 128 Å². The summed E-state index contributed by atoms with van der Waals surface area (Å²) in [7, 11) is 0. The quantitative estimate of drug-likeness (QED) is 0.315. The monoisotopic (exact) mass is 315 g/mol. The van der Waals surface area contributed by atoms with Gasteiger partial charge in [-0.3, -0.25) is 24.9 Å². The van der Waals surface area contributed by atoms with Crippen LogP contribution in [0.4, 0.5) is 13.2 Å². The molecule has 0 rings (SSSR count). The molecule has 0 aliphatic carbocycles. The average molecular weight is 315 g/mol. The number of carboxylic acids is 1. The molecule has 0 aromatic carbocycles. The number of aliphatic carboxylic acids is 1. The Balaban J connectivity index is 4.76. The number of halogens is 3. The van der Waals surface area contributed by atoms with E-state index in [1.54, 1.807) is 0 Å². The molecule has 0 aliphatic heterocycles. The standard InChI is InChI=1S/C10H16F3N3O5/c1-4(8(18)16-21)14-6(10(11,12)13)3-7(17)15-5(2)9(19)20/h4-6,14,21H,3H2,1-2H3,(H,15,17)(H,16,18)(H,19,20)/t4-,5-,6?/m0/s1. The molecule has 0 bridgehead atoms. The molecule has 0 aromatic heterocycles. The third kappa shape index (κ3) is 6.90. The second kappa shape index (κ2) is 7.78. The molecule has 3 atom stereocenters. The lowest BCUT2D eigenvalue weighted by molar-refractivity contribution is -0.165. The van der Waals surface area contributed by atoms with Crippen molar-refractivity contribution in [2.45, 2.75) is 44.6 Å². The van der Waals surface area contributed by atoms with Crippen LogP contribution in [0.15, 0.2) is 0 Å². The van der Waals surface area contributed by atoms with Gasteiger partial charge >= 0.3 is 12.1 Å². The average Bonchev–Trinajstić information content (AvgIpc) is 2.35. The minimum atomic E-state index is -4.84. The number of carbonyl (C=O) groups excluding carboxylic acids is 2. The molecule has 2 amide bonds. The summed E-state index contributed by atoms with van der Waals surface area (Å²) in [4.78, 5) is 32.8. The molecule has 0 spiro atoms. The smallest absolute Gasteiger partial charge is 0.404 e. The summed E-state index contributed by atoms with van der Waals surface area (Å²) in [6.07, 6.45) is -5.95. The maximum Gasteiger partial charge on any atom is 0.404 e. The van der Waals surface area contributed by atoms with Crippen LogP contribution in [0.2, 0.25) is 0 Å². The van der Waals surface area contributed by atoms with Crippen molar-refractivity contribution < 1.29 is 37.9 Å². The van der Waals surface area contributed by atoms with Crippen LogP contribution in [-0.2, 0) is 14.4 Å². The Hall–Kier alpha value is -1.88. The van der Waals surface area contributed by atoms with E-state index in [0.717, 1.165) is 13.8 Å². The molecule has 1 unspecified atom stereocenters. The fourth-order valence-corrected chi connectivity index (χ4v) is 1.29. The van der Waals surface area contributed by atoms with Gasteiger partial charge in [0.1, 0.15) is 12.1 Å². The first kappa shape index (κ1) is 19.1. The van der Waals surface area contributed by atoms with Crippen molar-refractivity contribution in [1.82, 2.24) is 16.1 Å². The number of rotatable bonds is 7. The van der Waals surface area contributed by atoms with E-state index < -0.39 is 48.5 Å². The zero-order valence-electron chi connectivity index (χ0n) is 11.2. The number of hydrogen-bond acceptors (Lipinski definition) is 5. The van der Waals surface area contributed by atoms with Gasteiger partial charge in [0.05, 0.1) is 12.5 Å². The maximum atomic E-state index is 12.8. The molecule has 8 nitrogen and oxygen atoms in total. The summed E-state index contributed by atoms with van der Waals surface area (Å²) in [5, 5.41) is 20.6. The van der Waals surface area contributed by atoms with Gasteiger partial charge in [-0.05, 0) is 13.8 Å². The SMILES string of the molecule is C[C@H](NC(=O)CC(N[C@@H](C)C(=O)NO)C(F)(F)F)C(=O)O. The van der Waals surface area contributed by atoms with Crippen LogP contribution in [-0.4, -0.2) is 52.4 Å². The van der Waals surface area contributed by atoms with Crippen LogP contribution >= 0.6 is 0 Å². The van der Waals surface area contributed by atoms with E-state index in [4.69, 9.17) is 10.3 Å². The zero-order valence-corrected chi connectivity index (χ0v) is 11.2. The number of carbonyl (C=O) groups is 3. The van der Waals surface area contributed by atoms with Crippen molar-refractivity contribution in [3.05, 3.63) is 0 Å². The number of carboxylic acid groups (broad SMARTS) is 1. The molecule has 0 saturated carbocycles. The molecule has 21 heavy (non-hydrogen) atoms. The second-order valence-corrected chi connectivity index (χ2v) is 4.29. The lowest BCUT2D eigenvalue weighted by Crippen LogP contribution is -2.53. The predicted octanol–water partition coefficient (Wildman–Crippen LogP) is -0.620. The van der Waals surface area contributed by atoms with Crippen molar-refractivity contribution >= 4 is 17.8 Å². The van der Waals surface area contributed by atoms with E-state index in [1.165, 1.54) is 5.48 Å². The molecular weight excluding hydrogens is 299 g/mol. The summed E-state index contributed by atoms with van der Waals surface area (Å²) in [5.41, 5.74) is 1.17. The highest BCUT2D eigenvalue weighted by atomic mass is 19.4. The van der Waals surface area contributed by atoms with E-state index in [2.05, 4.69) is 0 Å². The van der Waals surface area contributed by atoms with E-state index in [0.29, 0.717) is 0 Å². The molecular formula is C10H16F3N3O5. The lowest BCUT2D eigenvalue weighted by Gasteiger charge is -2.24. The highest BCUT2D eigenvalue weighted by molar-refractivity contribution is 5.84. The van der Waals surface area contributed by atoms with Crippen LogP contribution in [0, 0.1) is 0 Å². The Morgan fingerprint density at radius 3 is 2.05 bits per heavy atom. The van der Waals surface area contributed by atoms with Crippen LogP contribution in [0.3, 0.4) is 0 Å². The van der Waals surface area contributed by atoms with Gasteiger partial charge in [-0.2, -0.15) is 13.2 Å². The number of alkyl halides is 3. The third-order valence-corrected chi connectivity index (χ3v) is 2.49. The van der Waals surface area contributed by atoms with Crippen molar-refractivity contribution in [3.63, 3.8) is 0 Å². The fourth-order valence-electron chi connectivity index (χ4n) is 1.29. The third-order valence-electron chi connectivity index (χ3n) is 2.49. The molecule has 0 saturated heterocycles. The Morgan fingerprint density at radius 1 is 1.14 bits per heavy atom. The van der Waals surface area contributed by atoms with Gasteiger partial charge in [-0.1, -0.05) is 0 Å². The largest absolute Gasteiger partial charge is 0.480 e. The van der Waals surface area contributed by atoms with Crippen molar-refractivity contribution in [2.24, 2.45) is 0 Å². The van der Waals surface area contributed by atoms with Crippen molar-refractivity contribution in [3.8, 4) is 0 Å². The Labute approximate surface area is 117 Å². The first-order valence-electron chi connectivity index (χ1n) is 5.78. The van der Waals surface area contributed by atoms with Gasteiger partial charge in [0.25, 0.3) is 5.91 Å². The second-order valence-electron chi connectivity index (χ2n) is 4.29. The predicted molar refractivity (Wildman–Crippen MR) is 62.2 cm³/mol. The highest BCUT2D eigenvalue weighted by Gasteiger charge is 2.42. The van der Waals surface area contributed by atoms with E-state index in [-0.39, 0.29) is 0 Å². The molecule has 0 aromatic rings. The van der Waals surface area contributed by atoms with Crippen molar-refractivity contribution in [2.75, 3.05) is 0 Å². The molecule has 0 aliphatic rings. The summed E-state index contributed by atoms with van der Waals surface area (Å²) < 4.78 is 38.3. The summed E-state index contributed by atoms with van der Waals surface area (Å²) in [6, 6.07) is -5.12. The Bertz CT molecular complexity index is 402. The minimum absolute atomic E-state index is 1.06. The first-order chi connectivity index (χ1) is 9.48. The van der Waals surface area contributed by atoms with Crippen molar-refractivity contribution in [1.29, 1.82) is 0 Å². The number of nitrogens with one attached hydrogen (secondary N) is 3. The highest BCUT2D eigenvalue weighted by Crippen LogP contribution is 2.23. The Kier molecular flexibility index (Phi) is 7.09. The normalized spacial score (nSPS) is 15.7. The molecule has 122 valence electrons. The zero-order chi connectivity index (χ0) is 16.8. The van der Waals surface area contributed by atoms with Gasteiger partial charge in [0.15, 0.2) is 0 Å². The summed E-state index contributed by atoms with van der Waals surface area (Å²) in [6.45, 7) is 2.15. The van der Waals surface area contributed by atoms with Gasteiger partial charge in [0, 0.05) is 0 Å². The lowest BCUT2D eigenvalue weighted by atomic mass is 10.1. The van der Waals surface area contributed by atoms with E-state index in [9.17, 15) is 27.6 Å². The number of hydrogen-bond donors (Lipinski definition) is 5. The van der Waals surface area contributed by atoms with Crippen LogP contribution in [0.5, 0.6) is 0 Å². The van der Waals surface area contributed by atoms with Crippen LogP contribution in [0.25, 0.3) is 0 Å². The first-order valence-corrected chi connectivity index (χ1v) is 5.78. The number of amides is 2. The summed E-state index contributed by atoms with van der Waals surface area (Å²) >= 11 is 0. The molecule has 0 fully saturated rings. The van der Waals surface area contributed by atoms with Gasteiger partial charge in [0.2, 0.25) is 5.91 Å². The Morgan fingerprint density at radius 2 is 1.67 bits per heavy atom. The van der Waals surface area contributed by atoms with Gasteiger partial charge < -0.3 is 10.4 Å². The van der Waals surface area contributed by atoms with E-state index in [1.807, 2.05) is 10.6 Å². The number of hydroxylamine groups is 1. The fraction of sp³-hybridized carbons (Fsp3) is 0.700. The minimum Gasteiger partial charge on any atom is -0.480 e.